The number of nitrogens with zero attached hydrogens (tertiary/aromatic N) is 1. The van der Waals surface area contributed by atoms with Gasteiger partial charge in [0.1, 0.15) is 6.04 Å². The van der Waals surface area contributed by atoms with Crippen LogP contribution >= 0.6 is 0 Å². The van der Waals surface area contributed by atoms with Gasteiger partial charge in [-0.25, -0.2) is 0 Å². The maximum atomic E-state index is 11.0. The van der Waals surface area contributed by atoms with Crippen LogP contribution in [0.15, 0.2) is 0 Å². The Morgan fingerprint density at radius 1 is 1.62 bits per heavy atom. The Balaban J connectivity index is 2.26. The van der Waals surface area contributed by atoms with Crippen molar-refractivity contribution in [3.05, 3.63) is 0 Å². The summed E-state index contributed by atoms with van der Waals surface area (Å²) in [6, 6.07) is -0.431. The monoisotopic (exact) mass is 228 g/mol. The van der Waals surface area contributed by atoms with Gasteiger partial charge in [-0.1, -0.05) is 13.8 Å². The number of rotatable bonds is 8. The Kier molecular flexibility index (Phi) is 5.22. The third kappa shape index (κ3) is 4.49. The molecule has 0 bridgehead atoms. The minimum atomic E-state index is -0.746. The molecule has 1 fully saturated rings. The first-order valence-corrected chi connectivity index (χ1v) is 6.19. The van der Waals surface area contributed by atoms with Crippen molar-refractivity contribution in [1.82, 2.24) is 10.2 Å². The van der Waals surface area contributed by atoms with E-state index in [0.29, 0.717) is 6.54 Å². The summed E-state index contributed by atoms with van der Waals surface area (Å²) in [5.41, 5.74) is 0. The highest BCUT2D eigenvalue weighted by Crippen LogP contribution is 2.37. The van der Waals surface area contributed by atoms with Crippen LogP contribution in [0.3, 0.4) is 0 Å². The lowest BCUT2D eigenvalue weighted by Gasteiger charge is -2.22. The van der Waals surface area contributed by atoms with Gasteiger partial charge in [-0.05, 0) is 38.3 Å². The molecule has 3 atom stereocenters. The predicted molar refractivity (Wildman–Crippen MR) is 64.5 cm³/mol. The van der Waals surface area contributed by atoms with E-state index in [0.717, 1.165) is 31.3 Å². The Bertz CT molecular complexity index is 233. The molecule has 0 heterocycles. The van der Waals surface area contributed by atoms with Crippen molar-refractivity contribution in [3.63, 3.8) is 0 Å². The van der Waals surface area contributed by atoms with Gasteiger partial charge in [0.2, 0.25) is 0 Å². The van der Waals surface area contributed by atoms with E-state index < -0.39 is 12.0 Å². The second-order valence-corrected chi connectivity index (χ2v) is 5.04. The number of hydrogen-bond donors (Lipinski definition) is 2. The van der Waals surface area contributed by atoms with Crippen molar-refractivity contribution >= 4 is 5.97 Å². The SMILES string of the molecule is CCCNC(CN(C)CC1CC1C)C(=O)O. The first kappa shape index (κ1) is 13.5. The molecule has 0 aromatic heterocycles. The number of carboxylic acid groups (broad SMARTS) is 1. The zero-order chi connectivity index (χ0) is 12.1. The predicted octanol–water partition coefficient (Wildman–Crippen LogP) is 1.03. The van der Waals surface area contributed by atoms with Gasteiger partial charge in [0.05, 0.1) is 0 Å². The van der Waals surface area contributed by atoms with Gasteiger partial charge in [-0.2, -0.15) is 0 Å². The summed E-state index contributed by atoms with van der Waals surface area (Å²) in [5, 5.41) is 12.1. The van der Waals surface area contributed by atoms with Crippen LogP contribution in [0.25, 0.3) is 0 Å². The standard InChI is InChI=1S/C12H24N2O2/c1-4-5-13-11(12(15)16)8-14(3)7-10-6-9(10)2/h9-11,13H,4-8H2,1-3H3,(H,15,16). The van der Waals surface area contributed by atoms with Crippen LogP contribution in [0, 0.1) is 11.8 Å². The zero-order valence-corrected chi connectivity index (χ0v) is 10.6. The molecule has 0 aliphatic heterocycles. The highest BCUT2D eigenvalue weighted by Gasteiger charge is 2.33. The van der Waals surface area contributed by atoms with Crippen LogP contribution in [0.5, 0.6) is 0 Å². The second-order valence-electron chi connectivity index (χ2n) is 5.04. The number of nitrogens with one attached hydrogen (secondary N) is 1. The van der Waals surface area contributed by atoms with Crippen molar-refractivity contribution in [3.8, 4) is 0 Å². The van der Waals surface area contributed by atoms with E-state index in [4.69, 9.17) is 5.11 Å². The fourth-order valence-electron chi connectivity index (χ4n) is 1.99. The molecule has 3 unspecified atom stereocenters. The molecule has 4 heteroatoms. The summed E-state index contributed by atoms with van der Waals surface area (Å²) in [6.45, 7) is 6.69. The molecule has 1 aliphatic rings. The highest BCUT2D eigenvalue weighted by atomic mass is 16.4. The lowest BCUT2D eigenvalue weighted by molar-refractivity contribution is -0.139. The smallest absolute Gasteiger partial charge is 0.322 e. The fraction of sp³-hybridized carbons (Fsp3) is 0.917. The van der Waals surface area contributed by atoms with Crippen molar-refractivity contribution in [2.24, 2.45) is 11.8 Å². The average molecular weight is 228 g/mol. The summed E-state index contributed by atoms with van der Waals surface area (Å²) in [7, 11) is 2.01. The van der Waals surface area contributed by atoms with E-state index in [1.165, 1.54) is 6.42 Å². The van der Waals surface area contributed by atoms with E-state index in [-0.39, 0.29) is 0 Å². The minimum Gasteiger partial charge on any atom is -0.480 e. The van der Waals surface area contributed by atoms with E-state index in [2.05, 4.69) is 17.1 Å². The summed E-state index contributed by atoms with van der Waals surface area (Å²) < 4.78 is 0. The van der Waals surface area contributed by atoms with Crippen molar-refractivity contribution < 1.29 is 9.90 Å². The van der Waals surface area contributed by atoms with Gasteiger partial charge in [-0.3, -0.25) is 4.79 Å². The maximum Gasteiger partial charge on any atom is 0.322 e. The topological polar surface area (TPSA) is 52.6 Å². The van der Waals surface area contributed by atoms with Crippen LogP contribution in [-0.4, -0.2) is 48.7 Å². The van der Waals surface area contributed by atoms with Gasteiger partial charge in [0.15, 0.2) is 0 Å². The van der Waals surface area contributed by atoms with E-state index in [1.54, 1.807) is 0 Å². The van der Waals surface area contributed by atoms with E-state index in [9.17, 15) is 4.79 Å². The van der Waals surface area contributed by atoms with Crippen LogP contribution in [0.1, 0.15) is 26.7 Å². The first-order valence-electron chi connectivity index (χ1n) is 6.19. The van der Waals surface area contributed by atoms with Crippen LogP contribution < -0.4 is 5.32 Å². The van der Waals surface area contributed by atoms with Crippen molar-refractivity contribution in [2.45, 2.75) is 32.7 Å². The van der Waals surface area contributed by atoms with Crippen LogP contribution in [0.2, 0.25) is 0 Å². The summed E-state index contributed by atoms with van der Waals surface area (Å²) in [5.74, 6) is 0.865. The quantitative estimate of drug-likeness (QED) is 0.651. The van der Waals surface area contributed by atoms with Crippen LogP contribution in [-0.2, 0) is 4.79 Å². The lowest BCUT2D eigenvalue weighted by atomic mass is 10.2. The van der Waals surface area contributed by atoms with Crippen LogP contribution in [0.4, 0.5) is 0 Å². The Morgan fingerprint density at radius 2 is 2.25 bits per heavy atom. The minimum absolute atomic E-state index is 0.431. The number of hydrogen-bond acceptors (Lipinski definition) is 3. The summed E-state index contributed by atoms with van der Waals surface area (Å²) >= 11 is 0. The molecule has 1 rings (SSSR count). The molecule has 1 saturated carbocycles. The molecule has 0 radical (unpaired) electrons. The molecule has 4 nitrogen and oxygen atoms in total. The summed E-state index contributed by atoms with van der Waals surface area (Å²) in [4.78, 5) is 13.2. The molecule has 94 valence electrons. The number of aliphatic carboxylic acids is 1. The fourth-order valence-corrected chi connectivity index (χ4v) is 1.99. The Morgan fingerprint density at radius 3 is 2.69 bits per heavy atom. The van der Waals surface area contributed by atoms with Gasteiger partial charge in [-0.15, -0.1) is 0 Å². The van der Waals surface area contributed by atoms with E-state index in [1.807, 2.05) is 14.0 Å². The molecule has 16 heavy (non-hydrogen) atoms. The number of carboxylic acids is 1. The Hall–Kier alpha value is -0.610. The number of likely N-dealkylation sites (N-methyl/N-ethyl adjacent to an activating group) is 1. The molecule has 0 saturated heterocycles. The summed E-state index contributed by atoms with van der Waals surface area (Å²) in [6.07, 6.45) is 2.26. The molecule has 0 aromatic carbocycles. The molecule has 0 spiro atoms. The average Bonchev–Trinajstić information content (AvgIpc) is 2.88. The molecule has 0 aromatic rings. The highest BCUT2D eigenvalue weighted by molar-refractivity contribution is 5.73. The molecular formula is C12H24N2O2. The molecule has 2 N–H and O–H groups in total. The normalized spacial score (nSPS) is 25.8. The van der Waals surface area contributed by atoms with Gasteiger partial charge >= 0.3 is 5.97 Å². The van der Waals surface area contributed by atoms with Crippen molar-refractivity contribution in [2.75, 3.05) is 26.7 Å². The largest absolute Gasteiger partial charge is 0.480 e. The van der Waals surface area contributed by atoms with Gasteiger partial charge < -0.3 is 15.3 Å². The second kappa shape index (κ2) is 6.21. The third-order valence-corrected chi connectivity index (χ3v) is 3.26. The number of carbonyl (C=O) groups is 1. The van der Waals surface area contributed by atoms with Gasteiger partial charge in [0, 0.05) is 13.1 Å². The van der Waals surface area contributed by atoms with Gasteiger partial charge in [0.25, 0.3) is 0 Å². The lowest BCUT2D eigenvalue weighted by Crippen LogP contribution is -2.45. The maximum absolute atomic E-state index is 11.0. The Labute approximate surface area is 98.0 Å². The first-order chi connectivity index (χ1) is 7.54. The molecular weight excluding hydrogens is 204 g/mol. The van der Waals surface area contributed by atoms with E-state index >= 15 is 0 Å². The zero-order valence-electron chi connectivity index (χ0n) is 10.6. The molecule has 0 amide bonds. The molecule has 1 aliphatic carbocycles. The third-order valence-electron chi connectivity index (χ3n) is 3.26. The van der Waals surface area contributed by atoms with Crippen molar-refractivity contribution in [1.29, 1.82) is 0 Å².